The summed E-state index contributed by atoms with van der Waals surface area (Å²) in [4.78, 5) is 24.7. The number of methoxy groups -OCH3 is 1. The minimum atomic E-state index is -0.872. The Balaban J connectivity index is 1.85. The van der Waals surface area contributed by atoms with E-state index in [1.807, 2.05) is 0 Å². The summed E-state index contributed by atoms with van der Waals surface area (Å²) in [7, 11) is 1.47. The number of nitrogens with zero attached hydrogens (tertiary/aromatic N) is 4. The fraction of sp³-hybridized carbons (Fsp3) is 0.200. The topological polar surface area (TPSA) is 78.1 Å². The molecule has 0 aliphatic carbocycles. The van der Waals surface area contributed by atoms with Crippen LogP contribution in [0.4, 0.5) is 0 Å². The van der Waals surface area contributed by atoms with E-state index in [0.29, 0.717) is 26.8 Å². The second-order valence-corrected chi connectivity index (χ2v) is 7.13. The van der Waals surface area contributed by atoms with E-state index in [4.69, 9.17) is 44.3 Å². The Kier molecular flexibility index (Phi) is 5.67. The molecule has 0 spiro atoms. The third-order valence-corrected chi connectivity index (χ3v) is 4.95. The highest BCUT2D eigenvalue weighted by molar-refractivity contribution is 7.04. The Hall–Kier alpha value is -1.87. The Morgan fingerprint density at radius 1 is 1.27 bits per heavy atom. The van der Waals surface area contributed by atoms with Crippen molar-refractivity contribution in [1.82, 2.24) is 13.8 Å². The van der Waals surface area contributed by atoms with Crippen LogP contribution in [-0.2, 0) is 4.79 Å². The van der Waals surface area contributed by atoms with Crippen molar-refractivity contribution in [2.75, 3.05) is 7.11 Å². The van der Waals surface area contributed by atoms with Gasteiger partial charge in [-0.05, 0) is 36.7 Å². The van der Waals surface area contributed by atoms with Gasteiger partial charge in [0.25, 0.3) is 11.7 Å². The molecule has 0 saturated heterocycles. The van der Waals surface area contributed by atoms with Crippen LogP contribution < -0.4 is 14.3 Å². The summed E-state index contributed by atoms with van der Waals surface area (Å²) in [5, 5.41) is 1.11. The predicted molar refractivity (Wildman–Crippen MR) is 99.5 cm³/mol. The number of carbonyl (C=O) groups is 1. The van der Waals surface area contributed by atoms with Gasteiger partial charge in [0.1, 0.15) is 10.9 Å². The second-order valence-electron chi connectivity index (χ2n) is 4.99. The smallest absolute Gasteiger partial charge is 0.289 e. The Bertz CT molecular complexity index is 1050. The number of rotatable bonds is 4. The number of ether oxygens (including phenoxy) is 2. The number of aromatic nitrogens is 3. The molecule has 0 aliphatic heterocycles. The van der Waals surface area contributed by atoms with Crippen LogP contribution in [0.5, 0.6) is 11.6 Å². The van der Waals surface area contributed by atoms with Gasteiger partial charge in [-0.25, -0.2) is 3.79 Å². The highest BCUT2D eigenvalue weighted by Crippen LogP contribution is 2.28. The average Bonchev–Trinajstić information content (AvgIpc) is 3.00. The number of amides is 1. The van der Waals surface area contributed by atoms with Crippen molar-refractivity contribution in [3.05, 3.63) is 44.3 Å². The van der Waals surface area contributed by atoms with Gasteiger partial charge in [-0.15, -0.1) is 0 Å². The predicted octanol–water partition coefficient (Wildman–Crippen LogP) is 3.65. The molecule has 26 heavy (non-hydrogen) atoms. The number of hydrogen-bond donors (Lipinski definition) is 0. The molecule has 1 unspecified atom stereocenters. The number of carbonyl (C=O) groups excluding carboxylic acids is 1. The molecule has 2 aromatic heterocycles. The molecular formula is C15H11Cl3N4O3S. The molecular weight excluding hydrogens is 423 g/mol. The lowest BCUT2D eigenvalue weighted by Gasteiger charge is -2.12. The Morgan fingerprint density at radius 2 is 2.04 bits per heavy atom. The van der Waals surface area contributed by atoms with Gasteiger partial charge < -0.3 is 9.47 Å². The Morgan fingerprint density at radius 3 is 2.73 bits per heavy atom. The highest BCUT2D eigenvalue weighted by atomic mass is 35.5. The minimum Gasteiger partial charge on any atom is -0.481 e. The zero-order chi connectivity index (χ0) is 18.8. The fourth-order valence-corrected chi connectivity index (χ4v) is 3.37. The first-order chi connectivity index (χ1) is 12.4. The van der Waals surface area contributed by atoms with E-state index in [2.05, 4.69) is 15.0 Å². The third-order valence-electron chi connectivity index (χ3n) is 3.16. The molecule has 0 N–H and O–H groups in total. The molecule has 0 radical (unpaired) electrons. The molecule has 1 atom stereocenters. The van der Waals surface area contributed by atoms with Crippen LogP contribution in [0.25, 0.3) is 5.78 Å². The maximum Gasteiger partial charge on any atom is 0.289 e. The molecule has 3 aromatic rings. The quantitative estimate of drug-likeness (QED) is 0.587. The normalized spacial score (nSPS) is 13.0. The molecule has 0 fully saturated rings. The van der Waals surface area contributed by atoms with Crippen molar-refractivity contribution in [3.63, 3.8) is 0 Å². The first kappa shape index (κ1) is 18.9. The molecule has 0 bridgehead atoms. The van der Waals surface area contributed by atoms with E-state index in [9.17, 15) is 4.79 Å². The van der Waals surface area contributed by atoms with Gasteiger partial charge in [-0.3, -0.25) is 4.79 Å². The van der Waals surface area contributed by atoms with E-state index in [-0.39, 0.29) is 10.6 Å². The van der Waals surface area contributed by atoms with Crippen LogP contribution in [0.1, 0.15) is 6.92 Å². The number of halogens is 3. The van der Waals surface area contributed by atoms with E-state index < -0.39 is 12.0 Å². The summed E-state index contributed by atoms with van der Waals surface area (Å²) in [5.41, 5.74) is 0. The molecule has 11 heteroatoms. The van der Waals surface area contributed by atoms with Gasteiger partial charge >= 0.3 is 0 Å². The first-order valence-corrected chi connectivity index (χ1v) is 9.09. The van der Waals surface area contributed by atoms with Crippen molar-refractivity contribution in [1.29, 1.82) is 0 Å². The summed E-state index contributed by atoms with van der Waals surface area (Å²) in [6.07, 6.45) is -0.872. The number of fused-ring (bicyclic) bond motifs is 1. The SMILES string of the molecule is COc1cc(Cl)n2sc(=NC(=O)C(C)Oc3ccc(Cl)cc3Cl)nc2n1. The summed E-state index contributed by atoms with van der Waals surface area (Å²) < 4.78 is 12.1. The van der Waals surface area contributed by atoms with Crippen molar-refractivity contribution in [3.8, 4) is 11.6 Å². The maximum absolute atomic E-state index is 12.3. The van der Waals surface area contributed by atoms with Crippen molar-refractivity contribution < 1.29 is 14.3 Å². The largest absolute Gasteiger partial charge is 0.481 e. The van der Waals surface area contributed by atoms with Crippen molar-refractivity contribution in [2.24, 2.45) is 4.99 Å². The summed E-state index contributed by atoms with van der Waals surface area (Å²) in [5.74, 6) is 0.395. The maximum atomic E-state index is 12.3. The highest BCUT2D eigenvalue weighted by Gasteiger charge is 2.16. The van der Waals surface area contributed by atoms with Gasteiger partial charge in [0, 0.05) is 11.1 Å². The molecule has 2 heterocycles. The van der Waals surface area contributed by atoms with Gasteiger partial charge in [-0.1, -0.05) is 34.8 Å². The molecule has 3 rings (SSSR count). The molecule has 1 amide bonds. The van der Waals surface area contributed by atoms with Gasteiger partial charge in [0.05, 0.1) is 12.1 Å². The zero-order valence-electron chi connectivity index (χ0n) is 13.4. The van der Waals surface area contributed by atoms with Gasteiger partial charge in [0.15, 0.2) is 6.10 Å². The van der Waals surface area contributed by atoms with E-state index >= 15 is 0 Å². The minimum absolute atomic E-state index is 0.190. The van der Waals surface area contributed by atoms with Crippen LogP contribution in [0.2, 0.25) is 15.2 Å². The van der Waals surface area contributed by atoms with Gasteiger partial charge in [-0.2, -0.15) is 15.0 Å². The van der Waals surface area contributed by atoms with Crippen LogP contribution in [0.3, 0.4) is 0 Å². The van der Waals surface area contributed by atoms with E-state index in [1.54, 1.807) is 19.1 Å². The number of hydrogen-bond acceptors (Lipinski definition) is 6. The molecule has 7 nitrogen and oxygen atoms in total. The first-order valence-electron chi connectivity index (χ1n) is 7.18. The monoisotopic (exact) mass is 432 g/mol. The summed E-state index contributed by atoms with van der Waals surface area (Å²) in [6, 6.07) is 6.25. The lowest BCUT2D eigenvalue weighted by molar-refractivity contribution is -0.124. The zero-order valence-corrected chi connectivity index (χ0v) is 16.5. The lowest BCUT2D eigenvalue weighted by Crippen LogP contribution is -2.24. The molecule has 0 saturated carbocycles. The van der Waals surface area contributed by atoms with Crippen molar-refractivity contribution >= 4 is 58.0 Å². The average molecular weight is 434 g/mol. The standard InChI is InChI=1S/C15H11Cl3N4O3S/c1-7(25-10-4-3-8(16)5-9(10)17)13(23)20-15-21-14-19-12(24-2)6-11(18)22(14)26-15/h3-7H,1-2H3. The van der Waals surface area contributed by atoms with Crippen molar-refractivity contribution in [2.45, 2.75) is 13.0 Å². The molecule has 136 valence electrons. The second kappa shape index (κ2) is 7.79. The van der Waals surface area contributed by atoms with E-state index in [0.717, 1.165) is 11.5 Å². The molecule has 0 aliphatic rings. The van der Waals surface area contributed by atoms with Gasteiger partial charge in [0.2, 0.25) is 10.7 Å². The number of benzene rings is 1. The molecule has 1 aromatic carbocycles. The lowest BCUT2D eigenvalue weighted by atomic mass is 10.3. The van der Waals surface area contributed by atoms with Crippen LogP contribution >= 0.6 is 46.3 Å². The van der Waals surface area contributed by atoms with Crippen LogP contribution in [0.15, 0.2) is 29.3 Å². The van der Waals surface area contributed by atoms with Crippen LogP contribution in [0, 0.1) is 0 Å². The van der Waals surface area contributed by atoms with Crippen LogP contribution in [-0.4, -0.2) is 32.9 Å². The third kappa shape index (κ3) is 4.09. The summed E-state index contributed by atoms with van der Waals surface area (Å²) in [6.45, 7) is 1.56. The van der Waals surface area contributed by atoms with E-state index in [1.165, 1.54) is 23.0 Å². The Labute approximate surface area is 166 Å². The summed E-state index contributed by atoms with van der Waals surface area (Å²) >= 11 is 19.1. The fourth-order valence-electron chi connectivity index (χ4n) is 1.92.